The van der Waals surface area contributed by atoms with Crippen LogP contribution in [0.25, 0.3) is 0 Å². The maximum Gasteiger partial charge on any atom is 0.255 e. The van der Waals surface area contributed by atoms with Gasteiger partial charge in [0.1, 0.15) is 0 Å². The van der Waals surface area contributed by atoms with E-state index >= 15 is 0 Å². The fraction of sp³-hybridized carbons (Fsp3) is 0.136. The zero-order valence-corrected chi connectivity index (χ0v) is 15.9. The van der Waals surface area contributed by atoms with Gasteiger partial charge in [-0.25, -0.2) is 0 Å². The quantitative estimate of drug-likeness (QED) is 0.640. The van der Waals surface area contributed by atoms with Gasteiger partial charge in [-0.2, -0.15) is 0 Å². The van der Waals surface area contributed by atoms with Gasteiger partial charge in [-0.1, -0.05) is 52.3 Å². The topological polar surface area (TPSA) is 32.3 Å². The number of hydrogen-bond acceptors (Lipinski definition) is 2. The van der Waals surface area contributed by atoms with Crippen LogP contribution in [-0.2, 0) is 13.0 Å². The maximum atomic E-state index is 12.4. The van der Waals surface area contributed by atoms with Crippen LogP contribution in [0.5, 0.6) is 0 Å². The van der Waals surface area contributed by atoms with Crippen LogP contribution in [0.2, 0.25) is 0 Å². The van der Waals surface area contributed by atoms with Crippen molar-refractivity contribution >= 4 is 33.2 Å². The molecule has 0 saturated carbocycles. The van der Waals surface area contributed by atoms with Crippen LogP contribution in [0.3, 0.4) is 0 Å². The van der Waals surface area contributed by atoms with Crippen molar-refractivity contribution in [3.05, 3.63) is 94.0 Å². The zero-order chi connectivity index (χ0) is 17.9. The maximum absolute atomic E-state index is 12.4. The monoisotopic (exact) mass is 406 g/mol. The fourth-order valence-electron chi connectivity index (χ4n) is 3.32. The van der Waals surface area contributed by atoms with Crippen LogP contribution in [0, 0.1) is 0 Å². The van der Waals surface area contributed by atoms with Crippen molar-refractivity contribution < 1.29 is 4.79 Å². The van der Waals surface area contributed by atoms with Crippen molar-refractivity contribution in [1.29, 1.82) is 0 Å². The van der Waals surface area contributed by atoms with E-state index < -0.39 is 0 Å². The number of amides is 1. The minimum absolute atomic E-state index is 0.0961. The molecule has 3 nitrogen and oxygen atoms in total. The minimum atomic E-state index is -0.0961. The summed E-state index contributed by atoms with van der Waals surface area (Å²) in [5.41, 5.74) is 5.39. The molecular formula is C22H19BrN2O. The summed E-state index contributed by atoms with van der Waals surface area (Å²) >= 11 is 3.42. The molecule has 26 heavy (non-hydrogen) atoms. The lowest BCUT2D eigenvalue weighted by Gasteiger charge is -2.19. The Labute approximate surface area is 161 Å². The van der Waals surface area contributed by atoms with Crippen LogP contribution >= 0.6 is 15.9 Å². The largest absolute Gasteiger partial charge is 0.367 e. The summed E-state index contributed by atoms with van der Waals surface area (Å²) in [7, 11) is 0. The number of para-hydroxylation sites is 1. The molecule has 0 saturated heterocycles. The van der Waals surface area contributed by atoms with Gasteiger partial charge in [0.05, 0.1) is 0 Å². The average Bonchev–Trinajstić information content (AvgIpc) is 3.05. The van der Waals surface area contributed by atoms with E-state index in [0.29, 0.717) is 5.56 Å². The van der Waals surface area contributed by atoms with Gasteiger partial charge in [-0.05, 0) is 53.9 Å². The Morgan fingerprint density at radius 2 is 1.81 bits per heavy atom. The highest BCUT2D eigenvalue weighted by molar-refractivity contribution is 9.10. The van der Waals surface area contributed by atoms with Crippen LogP contribution < -0.4 is 10.2 Å². The first-order chi connectivity index (χ1) is 12.7. The van der Waals surface area contributed by atoms with Crippen LogP contribution in [0.15, 0.2) is 77.3 Å². The second-order valence-electron chi connectivity index (χ2n) is 6.46. The molecule has 3 aromatic carbocycles. The average molecular weight is 407 g/mol. The lowest BCUT2D eigenvalue weighted by molar-refractivity contribution is 0.102. The van der Waals surface area contributed by atoms with E-state index in [2.05, 4.69) is 50.4 Å². The predicted molar refractivity (Wildman–Crippen MR) is 110 cm³/mol. The SMILES string of the molecule is O=C(Nc1cccc(Br)c1)c1ccc(CN2CCc3ccccc32)cc1. The number of benzene rings is 3. The summed E-state index contributed by atoms with van der Waals surface area (Å²) in [5.74, 6) is -0.0961. The van der Waals surface area contributed by atoms with Gasteiger partial charge in [0, 0.05) is 34.5 Å². The molecule has 4 rings (SSSR count). The van der Waals surface area contributed by atoms with Crippen LogP contribution in [0.1, 0.15) is 21.5 Å². The molecule has 0 fully saturated rings. The third kappa shape index (κ3) is 3.65. The minimum Gasteiger partial charge on any atom is -0.367 e. The molecule has 1 heterocycles. The van der Waals surface area contributed by atoms with E-state index in [-0.39, 0.29) is 5.91 Å². The van der Waals surface area contributed by atoms with Crippen LogP contribution in [0.4, 0.5) is 11.4 Å². The highest BCUT2D eigenvalue weighted by atomic mass is 79.9. The fourth-order valence-corrected chi connectivity index (χ4v) is 3.72. The van der Waals surface area contributed by atoms with Gasteiger partial charge in [0.2, 0.25) is 0 Å². The van der Waals surface area contributed by atoms with Crippen molar-refractivity contribution in [2.45, 2.75) is 13.0 Å². The third-order valence-electron chi connectivity index (χ3n) is 4.66. The Bertz CT molecular complexity index is 937. The zero-order valence-electron chi connectivity index (χ0n) is 14.3. The summed E-state index contributed by atoms with van der Waals surface area (Å²) in [6.45, 7) is 1.91. The Morgan fingerprint density at radius 1 is 1.00 bits per heavy atom. The number of carbonyl (C=O) groups excluding carboxylic acids is 1. The highest BCUT2D eigenvalue weighted by Gasteiger charge is 2.18. The first kappa shape index (κ1) is 16.9. The molecule has 0 bridgehead atoms. The Morgan fingerprint density at radius 3 is 2.62 bits per heavy atom. The smallest absolute Gasteiger partial charge is 0.255 e. The van der Waals surface area contributed by atoms with Gasteiger partial charge in [0.15, 0.2) is 0 Å². The number of hydrogen-bond donors (Lipinski definition) is 1. The van der Waals surface area contributed by atoms with Gasteiger partial charge in [-0.15, -0.1) is 0 Å². The normalized spacial score (nSPS) is 12.7. The first-order valence-electron chi connectivity index (χ1n) is 8.68. The van der Waals surface area contributed by atoms with E-state index in [1.807, 2.05) is 48.5 Å². The van der Waals surface area contributed by atoms with Crippen molar-refractivity contribution in [2.24, 2.45) is 0 Å². The summed E-state index contributed by atoms with van der Waals surface area (Å²) in [4.78, 5) is 14.8. The molecule has 130 valence electrons. The number of carbonyl (C=O) groups is 1. The molecule has 4 heteroatoms. The van der Waals surface area contributed by atoms with Crippen molar-refractivity contribution in [3.8, 4) is 0 Å². The Hall–Kier alpha value is -2.59. The molecule has 0 aromatic heterocycles. The predicted octanol–water partition coefficient (Wildman–Crippen LogP) is 5.26. The second-order valence-corrected chi connectivity index (χ2v) is 7.38. The first-order valence-corrected chi connectivity index (χ1v) is 9.47. The number of anilines is 2. The standard InChI is InChI=1S/C22H19BrN2O/c23-19-5-3-6-20(14-19)24-22(26)18-10-8-16(9-11-18)15-25-13-12-17-4-1-2-7-21(17)25/h1-11,14H,12-13,15H2,(H,24,26). The molecule has 0 unspecified atom stereocenters. The van der Waals surface area contributed by atoms with E-state index in [1.165, 1.54) is 16.8 Å². The number of halogens is 1. The van der Waals surface area contributed by atoms with Crippen molar-refractivity contribution in [3.63, 3.8) is 0 Å². The molecule has 1 N–H and O–H groups in total. The molecular weight excluding hydrogens is 388 g/mol. The molecule has 0 atom stereocenters. The van der Waals surface area contributed by atoms with E-state index in [9.17, 15) is 4.79 Å². The molecule has 0 radical (unpaired) electrons. The molecule has 0 aliphatic carbocycles. The van der Waals surface area contributed by atoms with E-state index in [1.54, 1.807) is 0 Å². The molecule has 1 aliphatic heterocycles. The molecule has 0 spiro atoms. The summed E-state index contributed by atoms with van der Waals surface area (Å²) in [6, 6.07) is 24.0. The Kier molecular flexibility index (Phi) is 4.76. The number of nitrogens with one attached hydrogen (secondary N) is 1. The lowest BCUT2D eigenvalue weighted by atomic mass is 10.1. The van der Waals surface area contributed by atoms with Gasteiger partial charge >= 0.3 is 0 Å². The molecule has 1 amide bonds. The summed E-state index contributed by atoms with van der Waals surface area (Å²) < 4.78 is 0.941. The van der Waals surface area contributed by atoms with Gasteiger partial charge < -0.3 is 10.2 Å². The second kappa shape index (κ2) is 7.34. The number of fused-ring (bicyclic) bond motifs is 1. The highest BCUT2D eigenvalue weighted by Crippen LogP contribution is 2.28. The van der Waals surface area contributed by atoms with E-state index in [0.717, 1.165) is 29.7 Å². The van der Waals surface area contributed by atoms with Crippen molar-refractivity contribution in [1.82, 2.24) is 0 Å². The van der Waals surface area contributed by atoms with E-state index in [4.69, 9.17) is 0 Å². The molecule has 1 aliphatic rings. The molecule has 3 aromatic rings. The van der Waals surface area contributed by atoms with Gasteiger partial charge in [-0.3, -0.25) is 4.79 Å². The Balaban J connectivity index is 1.43. The van der Waals surface area contributed by atoms with Crippen molar-refractivity contribution in [2.75, 3.05) is 16.8 Å². The summed E-state index contributed by atoms with van der Waals surface area (Å²) in [6.07, 6.45) is 1.10. The van der Waals surface area contributed by atoms with Gasteiger partial charge in [0.25, 0.3) is 5.91 Å². The number of rotatable bonds is 4. The number of nitrogens with zero attached hydrogens (tertiary/aromatic N) is 1. The lowest BCUT2D eigenvalue weighted by Crippen LogP contribution is -2.19. The van der Waals surface area contributed by atoms with Crippen LogP contribution in [-0.4, -0.2) is 12.5 Å². The third-order valence-corrected chi connectivity index (χ3v) is 5.15. The summed E-state index contributed by atoms with van der Waals surface area (Å²) in [5, 5.41) is 2.93.